The van der Waals surface area contributed by atoms with Crippen LogP contribution in [0.1, 0.15) is 35.4 Å². The van der Waals surface area contributed by atoms with Gasteiger partial charge in [0.2, 0.25) is 11.8 Å². The Labute approximate surface area is 314 Å². The van der Waals surface area contributed by atoms with Crippen molar-refractivity contribution < 1.29 is 47.0 Å². The zero-order valence-corrected chi connectivity index (χ0v) is 29.4. The van der Waals surface area contributed by atoms with Crippen molar-refractivity contribution in [2.24, 2.45) is 23.7 Å². The lowest BCUT2D eigenvalue weighted by atomic mass is 9.49. The Kier molecular flexibility index (Phi) is 8.27. The highest BCUT2D eigenvalue weighted by Gasteiger charge is 2.71. The number of likely N-dealkylation sites (tertiary alicyclic amines) is 1. The maximum Gasteiger partial charge on any atom is 0.423 e. The summed E-state index contributed by atoms with van der Waals surface area (Å²) in [5.41, 5.74) is 0.575. The van der Waals surface area contributed by atoms with Crippen molar-refractivity contribution >= 4 is 69.5 Å². The first-order chi connectivity index (χ1) is 25.7. The number of aromatic hydroxyl groups is 1. The monoisotopic (exact) mass is 778 g/mol. The first-order valence-electron chi connectivity index (χ1n) is 16.7. The van der Waals surface area contributed by atoms with Crippen LogP contribution in [0.5, 0.6) is 5.75 Å². The summed E-state index contributed by atoms with van der Waals surface area (Å²) in [7, 11) is 1.04. The van der Waals surface area contributed by atoms with E-state index in [-0.39, 0.29) is 24.2 Å². The Morgan fingerprint density at radius 1 is 0.981 bits per heavy atom. The van der Waals surface area contributed by atoms with Crippen LogP contribution in [-0.4, -0.2) is 56.8 Å². The van der Waals surface area contributed by atoms with E-state index in [1.165, 1.54) is 12.1 Å². The molecule has 4 aromatic rings. The fourth-order valence-corrected chi connectivity index (χ4v) is 9.24. The van der Waals surface area contributed by atoms with Gasteiger partial charge in [0, 0.05) is 28.1 Å². The van der Waals surface area contributed by atoms with E-state index in [1.807, 2.05) is 0 Å². The minimum Gasteiger partial charge on any atom is -0.507 e. The maximum atomic E-state index is 15.3. The van der Waals surface area contributed by atoms with Crippen LogP contribution in [0.4, 0.5) is 23.8 Å². The minimum atomic E-state index is -4.78. The lowest BCUT2D eigenvalue weighted by Crippen LogP contribution is -2.53. The van der Waals surface area contributed by atoms with Gasteiger partial charge in [-0.15, -0.1) is 0 Å². The number of alkyl halides is 3. The largest absolute Gasteiger partial charge is 0.507 e. The summed E-state index contributed by atoms with van der Waals surface area (Å²) in [5.74, 6) is -9.32. The molecule has 3 aromatic carbocycles. The van der Waals surface area contributed by atoms with Crippen LogP contribution in [0.2, 0.25) is 10.0 Å². The molecule has 1 aromatic heterocycles. The van der Waals surface area contributed by atoms with Crippen molar-refractivity contribution in [3.63, 3.8) is 0 Å². The van der Waals surface area contributed by atoms with Gasteiger partial charge in [0.05, 0.1) is 40.9 Å². The number of imide groups is 4. The van der Waals surface area contributed by atoms with E-state index in [4.69, 9.17) is 27.9 Å². The predicted octanol–water partition coefficient (Wildman–Crippen LogP) is 7.02. The molecule has 2 N–H and O–H groups in total. The molecule has 8 rings (SSSR count). The number of hydrogen-bond donors (Lipinski definition) is 2. The van der Waals surface area contributed by atoms with Crippen molar-refractivity contribution in [1.82, 2.24) is 14.9 Å². The molecule has 5 amide bonds. The molecule has 4 aliphatic rings. The number of allylic oxidation sites excluding steroid dienone is 2. The maximum absolute atomic E-state index is 15.3. The number of anilines is 1. The zero-order chi connectivity index (χ0) is 38.4. The number of rotatable bonds is 4. The van der Waals surface area contributed by atoms with Gasteiger partial charge in [-0.25, -0.2) is 9.78 Å². The molecule has 6 atom stereocenters. The molecular formula is C38H27Cl2F3N4O7. The third kappa shape index (κ3) is 5.03. The summed E-state index contributed by atoms with van der Waals surface area (Å²) in [6, 6.07) is 17.2. The number of aromatic nitrogens is 1. The molecule has 276 valence electrons. The standard InChI is InChI=1S/C38H27Cl2F3N4O7/c1-54-36(53)46-32(49)23-13-12-22-25(28(23)34(46)51)15-26-33(50)47(45-31-27(40)14-19(16-44-31)38(41,42)43)35(52)37(26,18-7-9-20(39)10-8-18)29(22)24-11-6-17-4-2-3-5-21(17)30(24)48/h2-12,14,16,23,25-26,28-29,48H,13,15H2,1H3,(H,44,45). The van der Waals surface area contributed by atoms with E-state index >= 15 is 4.79 Å². The van der Waals surface area contributed by atoms with Gasteiger partial charge in [0.15, 0.2) is 5.82 Å². The summed E-state index contributed by atoms with van der Waals surface area (Å²) in [5, 5.41) is 13.6. The molecule has 0 bridgehead atoms. The summed E-state index contributed by atoms with van der Waals surface area (Å²) in [6.45, 7) is 0. The van der Waals surface area contributed by atoms with Crippen molar-refractivity contribution in [1.29, 1.82) is 0 Å². The highest BCUT2D eigenvalue weighted by molar-refractivity contribution is 6.33. The second-order valence-electron chi connectivity index (χ2n) is 13.6. The van der Waals surface area contributed by atoms with Crippen molar-refractivity contribution in [2.45, 2.75) is 30.4 Å². The molecule has 3 heterocycles. The molecule has 0 radical (unpaired) electrons. The van der Waals surface area contributed by atoms with Crippen LogP contribution in [0.15, 0.2) is 84.6 Å². The number of methoxy groups -OCH3 is 1. The lowest BCUT2D eigenvalue weighted by molar-refractivity contribution is -0.140. The normalized spacial score (nSPS) is 26.4. The number of fused-ring (bicyclic) bond motifs is 5. The van der Waals surface area contributed by atoms with Crippen LogP contribution >= 0.6 is 23.2 Å². The highest BCUT2D eigenvalue weighted by atomic mass is 35.5. The van der Waals surface area contributed by atoms with Gasteiger partial charge in [0.25, 0.3) is 11.8 Å². The average Bonchev–Trinajstić information content (AvgIpc) is 3.53. The van der Waals surface area contributed by atoms with E-state index in [1.54, 1.807) is 54.6 Å². The second-order valence-corrected chi connectivity index (χ2v) is 14.5. The summed E-state index contributed by atoms with van der Waals surface area (Å²) >= 11 is 12.5. The van der Waals surface area contributed by atoms with Gasteiger partial charge in [-0.05, 0) is 47.9 Å². The molecule has 11 nitrogen and oxygen atoms in total. The van der Waals surface area contributed by atoms with Crippen molar-refractivity contribution in [3.8, 4) is 5.75 Å². The number of nitrogens with one attached hydrogen (secondary N) is 1. The molecule has 6 unspecified atom stereocenters. The lowest BCUT2D eigenvalue weighted by Gasteiger charge is -2.50. The minimum absolute atomic E-state index is 0.00401. The zero-order valence-electron chi connectivity index (χ0n) is 27.9. The van der Waals surface area contributed by atoms with E-state index < -0.39 is 87.3 Å². The number of nitrogens with zero attached hydrogens (tertiary/aromatic N) is 3. The van der Waals surface area contributed by atoms with Crippen molar-refractivity contribution in [2.75, 3.05) is 12.5 Å². The van der Waals surface area contributed by atoms with Crippen LogP contribution in [-0.2, 0) is 35.5 Å². The second kappa shape index (κ2) is 12.6. The number of pyridine rings is 1. The molecular weight excluding hydrogens is 752 g/mol. The third-order valence-corrected chi connectivity index (χ3v) is 11.7. The quantitative estimate of drug-likeness (QED) is 0.165. The van der Waals surface area contributed by atoms with Crippen LogP contribution in [0.3, 0.4) is 0 Å². The Morgan fingerprint density at radius 2 is 1.70 bits per heavy atom. The number of hydrazine groups is 1. The molecule has 3 fully saturated rings. The fourth-order valence-electron chi connectivity index (χ4n) is 8.90. The number of carbonyl (C=O) groups is 5. The van der Waals surface area contributed by atoms with Gasteiger partial charge in [-0.2, -0.15) is 23.1 Å². The molecule has 54 heavy (non-hydrogen) atoms. The topological polar surface area (TPSA) is 146 Å². The Balaban J connectivity index is 1.36. The smallest absolute Gasteiger partial charge is 0.423 e. The van der Waals surface area contributed by atoms with Gasteiger partial charge < -0.3 is 9.84 Å². The summed E-state index contributed by atoms with van der Waals surface area (Å²) in [6.07, 6.45) is -3.87. The molecule has 16 heteroatoms. The van der Waals surface area contributed by atoms with E-state index in [0.29, 0.717) is 49.1 Å². The molecule has 1 saturated carbocycles. The number of hydrogen-bond acceptors (Lipinski definition) is 9. The molecule has 0 spiro atoms. The fraction of sp³-hybridized carbons (Fsp3) is 0.263. The van der Waals surface area contributed by atoms with E-state index in [0.717, 1.165) is 7.11 Å². The number of benzene rings is 3. The van der Waals surface area contributed by atoms with Crippen LogP contribution in [0.25, 0.3) is 10.8 Å². The average molecular weight is 780 g/mol. The summed E-state index contributed by atoms with van der Waals surface area (Å²) < 4.78 is 45.1. The van der Waals surface area contributed by atoms with Crippen molar-refractivity contribution in [3.05, 3.63) is 111 Å². The molecule has 2 aliphatic carbocycles. The number of phenolic OH excluding ortho intramolecular Hbond substituents is 1. The number of amides is 5. The number of ether oxygens (including phenoxy) is 1. The van der Waals surface area contributed by atoms with Gasteiger partial charge >= 0.3 is 12.3 Å². The van der Waals surface area contributed by atoms with Gasteiger partial charge in [-0.1, -0.05) is 83.4 Å². The molecule has 2 saturated heterocycles. The van der Waals surface area contributed by atoms with Gasteiger partial charge in [0.1, 0.15) is 5.75 Å². The van der Waals surface area contributed by atoms with Crippen LogP contribution < -0.4 is 5.43 Å². The third-order valence-electron chi connectivity index (χ3n) is 11.2. The first kappa shape index (κ1) is 35.6. The number of phenols is 1. The highest BCUT2D eigenvalue weighted by Crippen LogP contribution is 2.65. The summed E-state index contributed by atoms with van der Waals surface area (Å²) in [4.78, 5) is 74.5. The Morgan fingerprint density at radius 3 is 2.39 bits per heavy atom. The Bertz CT molecular complexity index is 2350. The van der Waals surface area contributed by atoms with E-state index in [9.17, 15) is 37.5 Å². The molecule has 2 aliphatic heterocycles. The van der Waals surface area contributed by atoms with Crippen LogP contribution in [0, 0.1) is 23.7 Å². The van der Waals surface area contributed by atoms with E-state index in [2.05, 4.69) is 10.4 Å². The van der Waals surface area contributed by atoms with Gasteiger partial charge in [-0.3, -0.25) is 24.6 Å². The first-order valence-corrected chi connectivity index (χ1v) is 17.5. The SMILES string of the molecule is COC(=O)N1C(=O)C2CC=C3C(CC4C(=O)N(Nc5ncc(C(F)(F)F)cc5Cl)C(=O)C4(c4ccc(Cl)cc4)C3c3ccc4ccccc4c3O)C2C1=O. The predicted molar refractivity (Wildman–Crippen MR) is 187 cm³/mol. The Hall–Kier alpha value is -5.47. The number of halogens is 5. The number of carbonyl (C=O) groups excluding carboxylic acids is 5.